The summed E-state index contributed by atoms with van der Waals surface area (Å²) in [5.74, 6) is 0. The minimum atomic E-state index is -0.470. The van der Waals surface area contributed by atoms with E-state index in [4.69, 9.17) is 23.2 Å². The van der Waals surface area contributed by atoms with Crippen LogP contribution in [0.25, 0.3) is 17.3 Å². The van der Waals surface area contributed by atoms with Crippen molar-refractivity contribution < 1.29 is 4.92 Å². The van der Waals surface area contributed by atoms with Crippen molar-refractivity contribution in [1.82, 2.24) is 4.57 Å². The van der Waals surface area contributed by atoms with Crippen LogP contribution in [-0.2, 0) is 0 Å². The highest BCUT2D eigenvalue weighted by atomic mass is 35.5. The number of nitrogens with zero attached hydrogens (tertiary/aromatic N) is 3. The molecule has 1 aromatic heterocycles. The van der Waals surface area contributed by atoms with Crippen LogP contribution >= 0.6 is 23.2 Å². The van der Waals surface area contributed by atoms with E-state index in [-0.39, 0.29) is 5.69 Å². The van der Waals surface area contributed by atoms with Crippen LogP contribution in [-0.4, -0.2) is 9.49 Å². The third kappa shape index (κ3) is 3.79. The first-order valence-corrected chi connectivity index (χ1v) is 9.08. The minimum absolute atomic E-state index is 0.0187. The van der Waals surface area contributed by atoms with Gasteiger partial charge in [0.05, 0.1) is 27.3 Å². The molecule has 0 amide bonds. The molecule has 0 saturated heterocycles. The Morgan fingerprint density at radius 2 is 1.82 bits per heavy atom. The molecule has 0 aliphatic heterocycles. The molecule has 140 valence electrons. The van der Waals surface area contributed by atoms with Crippen LogP contribution < -0.4 is 0 Å². The van der Waals surface area contributed by atoms with Crippen molar-refractivity contribution in [3.8, 4) is 11.8 Å². The van der Waals surface area contributed by atoms with E-state index in [1.165, 1.54) is 12.1 Å². The third-order valence-electron chi connectivity index (χ3n) is 4.43. The normalized spacial score (nSPS) is 11.3. The van der Waals surface area contributed by atoms with Gasteiger partial charge in [-0.05, 0) is 67.4 Å². The molecule has 0 unspecified atom stereocenters. The van der Waals surface area contributed by atoms with Gasteiger partial charge in [-0.1, -0.05) is 23.2 Å². The van der Waals surface area contributed by atoms with Crippen molar-refractivity contribution in [3.05, 3.63) is 91.2 Å². The zero-order valence-corrected chi connectivity index (χ0v) is 16.6. The van der Waals surface area contributed by atoms with Crippen LogP contribution in [0.1, 0.15) is 22.5 Å². The monoisotopic (exact) mass is 411 g/mol. The molecular weight excluding hydrogens is 397 g/mol. The van der Waals surface area contributed by atoms with Gasteiger partial charge in [0.1, 0.15) is 0 Å². The van der Waals surface area contributed by atoms with Crippen LogP contribution in [0, 0.1) is 35.3 Å². The number of hydrogen-bond donors (Lipinski definition) is 0. The van der Waals surface area contributed by atoms with Crippen molar-refractivity contribution in [1.29, 1.82) is 5.26 Å². The molecule has 5 nitrogen and oxygen atoms in total. The number of nitro groups is 1. The number of benzene rings is 2. The number of nitro benzene ring substituents is 1. The molecule has 3 rings (SSSR count). The number of hydrogen-bond acceptors (Lipinski definition) is 3. The Morgan fingerprint density at radius 1 is 1.14 bits per heavy atom. The molecule has 0 atom stereocenters. The Balaban J connectivity index is 2.08. The molecule has 0 N–H and O–H groups in total. The maximum Gasteiger partial charge on any atom is 0.269 e. The van der Waals surface area contributed by atoms with Gasteiger partial charge in [0, 0.05) is 28.5 Å². The van der Waals surface area contributed by atoms with Crippen LogP contribution in [0.15, 0.2) is 48.5 Å². The van der Waals surface area contributed by atoms with Gasteiger partial charge in [0.15, 0.2) is 0 Å². The molecule has 0 aliphatic carbocycles. The fraction of sp³-hybridized carbons (Fsp3) is 0.0952. The van der Waals surface area contributed by atoms with Crippen LogP contribution in [0.5, 0.6) is 0 Å². The summed E-state index contributed by atoms with van der Waals surface area (Å²) in [4.78, 5) is 10.3. The maximum atomic E-state index is 10.8. The van der Waals surface area contributed by atoms with Crippen molar-refractivity contribution in [2.75, 3.05) is 0 Å². The Hall–Kier alpha value is -3.07. The summed E-state index contributed by atoms with van der Waals surface area (Å²) in [6.45, 7) is 3.88. The first-order valence-electron chi connectivity index (χ1n) is 8.33. The molecule has 7 heteroatoms. The fourth-order valence-electron chi connectivity index (χ4n) is 3.06. The van der Waals surface area contributed by atoms with E-state index in [2.05, 4.69) is 6.07 Å². The van der Waals surface area contributed by atoms with E-state index in [0.29, 0.717) is 21.2 Å². The van der Waals surface area contributed by atoms with E-state index in [1.54, 1.807) is 36.4 Å². The highest BCUT2D eigenvalue weighted by molar-refractivity contribution is 6.34. The van der Waals surface area contributed by atoms with Gasteiger partial charge in [-0.15, -0.1) is 0 Å². The van der Waals surface area contributed by atoms with E-state index >= 15 is 0 Å². The lowest BCUT2D eigenvalue weighted by molar-refractivity contribution is -0.384. The largest absolute Gasteiger partial charge is 0.316 e. The predicted octanol–water partition coefficient (Wildman–Crippen LogP) is 6.37. The maximum absolute atomic E-state index is 10.8. The average molecular weight is 412 g/mol. The molecule has 0 fully saturated rings. The zero-order chi connectivity index (χ0) is 20.4. The Labute approximate surface area is 172 Å². The molecule has 1 heterocycles. The van der Waals surface area contributed by atoms with Gasteiger partial charge < -0.3 is 4.57 Å². The fourth-order valence-corrected chi connectivity index (χ4v) is 3.43. The smallest absolute Gasteiger partial charge is 0.269 e. The quantitative estimate of drug-likeness (QED) is 0.284. The van der Waals surface area contributed by atoms with Crippen LogP contribution in [0.3, 0.4) is 0 Å². The van der Waals surface area contributed by atoms with Gasteiger partial charge in [-0.25, -0.2) is 0 Å². The van der Waals surface area contributed by atoms with E-state index in [1.807, 2.05) is 24.5 Å². The second-order valence-corrected chi connectivity index (χ2v) is 7.08. The van der Waals surface area contributed by atoms with Crippen molar-refractivity contribution in [2.45, 2.75) is 13.8 Å². The van der Waals surface area contributed by atoms with Gasteiger partial charge in [0.25, 0.3) is 5.69 Å². The number of non-ortho nitro benzene ring substituents is 1. The average Bonchev–Trinajstić information content (AvgIpc) is 2.95. The molecule has 0 aliphatic rings. The highest BCUT2D eigenvalue weighted by Crippen LogP contribution is 2.30. The molecule has 28 heavy (non-hydrogen) atoms. The van der Waals surface area contributed by atoms with Gasteiger partial charge in [0.2, 0.25) is 0 Å². The Bertz CT molecular complexity index is 1140. The van der Waals surface area contributed by atoms with E-state index in [9.17, 15) is 15.4 Å². The summed E-state index contributed by atoms with van der Waals surface area (Å²) in [5, 5.41) is 21.5. The Kier molecular flexibility index (Phi) is 5.55. The number of allylic oxidation sites excluding steroid dienone is 1. The van der Waals surface area contributed by atoms with Gasteiger partial charge in [-0.2, -0.15) is 5.26 Å². The molecule has 0 bridgehead atoms. The SMILES string of the molecule is Cc1cc(/C=C(/C#N)c2ccc([N+](=O)[O-])cc2)c(C)n1-c1cc(Cl)ccc1Cl. The minimum Gasteiger partial charge on any atom is -0.316 e. The number of rotatable bonds is 4. The summed E-state index contributed by atoms with van der Waals surface area (Å²) in [6.07, 6.45) is 1.76. The second-order valence-electron chi connectivity index (χ2n) is 6.23. The summed E-state index contributed by atoms with van der Waals surface area (Å²) >= 11 is 12.5. The number of halogens is 2. The lowest BCUT2D eigenvalue weighted by Crippen LogP contribution is -2.00. The first-order chi connectivity index (χ1) is 13.3. The summed E-state index contributed by atoms with van der Waals surface area (Å²) in [5.41, 5.74) is 4.45. The molecule has 0 radical (unpaired) electrons. The lowest BCUT2D eigenvalue weighted by Gasteiger charge is -2.12. The number of nitriles is 1. The summed E-state index contributed by atoms with van der Waals surface area (Å²) < 4.78 is 1.98. The lowest BCUT2D eigenvalue weighted by atomic mass is 10.0. The van der Waals surface area contributed by atoms with Crippen LogP contribution in [0.2, 0.25) is 10.0 Å². The predicted molar refractivity (Wildman–Crippen MR) is 112 cm³/mol. The highest BCUT2D eigenvalue weighted by Gasteiger charge is 2.14. The molecule has 0 saturated carbocycles. The third-order valence-corrected chi connectivity index (χ3v) is 4.98. The van der Waals surface area contributed by atoms with Gasteiger partial charge >= 0.3 is 0 Å². The van der Waals surface area contributed by atoms with Crippen LogP contribution in [0.4, 0.5) is 5.69 Å². The van der Waals surface area contributed by atoms with Crippen molar-refractivity contribution >= 4 is 40.5 Å². The standard InChI is InChI=1S/C21H15Cl2N3O2/c1-13-9-16(14(2)25(13)21-11-18(22)5-8-20(21)23)10-17(12-24)15-3-6-19(7-4-15)26(27)28/h3-11H,1-2H3/b17-10-. The number of aromatic nitrogens is 1. The van der Waals surface area contributed by atoms with Gasteiger partial charge in [-0.3, -0.25) is 10.1 Å². The van der Waals surface area contributed by atoms with E-state index in [0.717, 1.165) is 22.6 Å². The Morgan fingerprint density at radius 3 is 2.43 bits per heavy atom. The zero-order valence-electron chi connectivity index (χ0n) is 15.1. The summed E-state index contributed by atoms with van der Waals surface area (Å²) in [6, 6.07) is 15.3. The topological polar surface area (TPSA) is 71.9 Å². The van der Waals surface area contributed by atoms with Crippen molar-refractivity contribution in [2.24, 2.45) is 0 Å². The molecular formula is C21H15Cl2N3O2. The van der Waals surface area contributed by atoms with E-state index < -0.39 is 4.92 Å². The number of aryl methyl sites for hydroxylation is 1. The first kappa shape index (κ1) is 19.7. The molecule has 3 aromatic rings. The molecule has 2 aromatic carbocycles. The molecule has 0 spiro atoms. The second kappa shape index (κ2) is 7.89. The van der Waals surface area contributed by atoms with Crippen molar-refractivity contribution in [3.63, 3.8) is 0 Å². The summed E-state index contributed by atoms with van der Waals surface area (Å²) in [7, 11) is 0.